The summed E-state index contributed by atoms with van der Waals surface area (Å²) in [5.41, 5.74) is 4.23. The van der Waals surface area contributed by atoms with Gasteiger partial charge in [-0.3, -0.25) is 9.67 Å². The Kier molecular flexibility index (Phi) is 11.8. The highest BCUT2D eigenvalue weighted by Crippen LogP contribution is 2.40. The number of hydrogen-bond donors (Lipinski definition) is 4. The molecule has 5 heterocycles. The lowest BCUT2D eigenvalue weighted by atomic mass is 9.91. The molecule has 4 N–H and O–H groups in total. The van der Waals surface area contributed by atoms with E-state index in [4.69, 9.17) is 19.8 Å². The van der Waals surface area contributed by atoms with Gasteiger partial charge in [-0.05, 0) is 48.1 Å². The van der Waals surface area contributed by atoms with Crippen LogP contribution in [0.25, 0.3) is 11.2 Å². The average Bonchev–Trinajstić information content (AvgIpc) is 4.10. The summed E-state index contributed by atoms with van der Waals surface area (Å²) < 4.78 is 43.8. The number of halogens is 3. The molecule has 8 rings (SSSR count). The predicted octanol–water partition coefficient (Wildman–Crippen LogP) is 4.94. The minimum absolute atomic E-state index is 0.0917. The lowest BCUT2D eigenvalue weighted by molar-refractivity contribution is -0.232. The summed E-state index contributed by atoms with van der Waals surface area (Å²) in [5.74, 6) is -2.17. The van der Waals surface area contributed by atoms with E-state index in [2.05, 4.69) is 20.7 Å². The van der Waals surface area contributed by atoms with E-state index in [-0.39, 0.29) is 37.9 Å². The van der Waals surface area contributed by atoms with Crippen LogP contribution < -0.4 is 15.5 Å². The highest BCUT2D eigenvalue weighted by molar-refractivity contribution is 5.85. The summed E-state index contributed by atoms with van der Waals surface area (Å²) in [4.78, 5) is 50.5. The van der Waals surface area contributed by atoms with Crippen molar-refractivity contribution in [3.05, 3.63) is 126 Å². The number of aryl methyl sites for hydroxylation is 1. The van der Waals surface area contributed by atoms with Gasteiger partial charge in [0.1, 0.15) is 12.2 Å². The molecule has 0 radical (unpaired) electrons. The zero-order valence-electron chi connectivity index (χ0n) is 33.0. The average molecular weight is 840 g/mol. The van der Waals surface area contributed by atoms with Crippen molar-refractivity contribution < 1.29 is 37.8 Å². The number of carbonyl (C=O) groups excluding carboxylic acids is 2. The lowest BCUT2D eigenvalue weighted by Gasteiger charge is -2.27. The third-order valence-electron chi connectivity index (χ3n) is 11.2. The van der Waals surface area contributed by atoms with Crippen LogP contribution in [0.3, 0.4) is 0 Å². The van der Waals surface area contributed by atoms with Crippen molar-refractivity contribution in [2.45, 2.75) is 75.2 Å². The first kappa shape index (κ1) is 41.1. The van der Waals surface area contributed by atoms with Crippen LogP contribution in [0, 0.1) is 0 Å². The van der Waals surface area contributed by atoms with Crippen LogP contribution in [0.15, 0.2) is 104 Å². The minimum atomic E-state index is -5.37. The van der Waals surface area contributed by atoms with Gasteiger partial charge in [-0.25, -0.2) is 14.6 Å². The number of urea groups is 1. The molecule has 19 heteroatoms. The molecular formula is C42H44F3N11O5. The first-order valence-corrected chi connectivity index (χ1v) is 20.0. The van der Waals surface area contributed by atoms with Gasteiger partial charge in [0.2, 0.25) is 5.95 Å². The molecule has 0 spiro atoms. The third-order valence-corrected chi connectivity index (χ3v) is 11.2. The van der Waals surface area contributed by atoms with Crippen LogP contribution in [0.4, 0.5) is 29.7 Å². The molecule has 4 aromatic heterocycles. The van der Waals surface area contributed by atoms with Crippen molar-refractivity contribution in [3.63, 3.8) is 0 Å². The summed E-state index contributed by atoms with van der Waals surface area (Å²) in [5, 5.41) is 33.6. The molecule has 2 aromatic carbocycles. The van der Waals surface area contributed by atoms with Crippen molar-refractivity contribution in [2.24, 2.45) is 0 Å². The lowest BCUT2D eigenvalue weighted by Crippen LogP contribution is -2.49. The standard InChI is InChI=1S/C42H44F3N11O5/c1-2-26-20-50-55(23-26)33-19-32(35(57)36(33)58)54-25-49-34-37(47-22-31(27-11-5-3-6-12-27)28-13-7-4-8-14-28)51-40(52-38(34)54)53-18-16-30(24-53)56(61-39(59)42(43,44)45)41(60)48-21-29-15-9-10-17-46-29/h3-15,17,20,23,25,30-33,35-36,57-58H,2,16,18-19,21-22,24H2,1H3,(H,48,60)(H,47,51,52)/t30-,32-,33+,35+,36-/m1/s1. The number of pyridine rings is 1. The molecule has 1 aliphatic heterocycles. The van der Waals surface area contributed by atoms with E-state index in [9.17, 15) is 33.0 Å². The molecule has 0 bridgehead atoms. The van der Waals surface area contributed by atoms with E-state index < -0.39 is 48.5 Å². The van der Waals surface area contributed by atoms with Gasteiger partial charge in [-0.1, -0.05) is 73.7 Å². The number of nitrogens with zero attached hydrogens (tertiary/aromatic N) is 9. The topological polar surface area (TPSA) is 189 Å². The summed E-state index contributed by atoms with van der Waals surface area (Å²) in [6, 6.07) is 21.6. The van der Waals surface area contributed by atoms with Crippen LogP contribution >= 0.6 is 0 Å². The quantitative estimate of drug-likeness (QED) is 0.122. The molecule has 2 amide bonds. The number of hydroxylamine groups is 2. The molecule has 2 aliphatic rings. The number of carbonyl (C=O) groups is 2. The largest absolute Gasteiger partial charge is 0.493 e. The number of hydrogen-bond acceptors (Lipinski definition) is 12. The number of aliphatic hydroxyl groups excluding tert-OH is 2. The van der Waals surface area contributed by atoms with E-state index in [1.807, 2.05) is 73.8 Å². The van der Waals surface area contributed by atoms with Crippen LogP contribution in [0.1, 0.15) is 60.2 Å². The number of imidazole rings is 1. The fourth-order valence-electron chi connectivity index (χ4n) is 7.96. The van der Waals surface area contributed by atoms with E-state index in [1.54, 1.807) is 44.9 Å². The number of rotatable bonds is 12. The van der Waals surface area contributed by atoms with E-state index in [0.29, 0.717) is 40.7 Å². The van der Waals surface area contributed by atoms with E-state index in [1.165, 1.54) is 6.20 Å². The molecule has 1 aliphatic carbocycles. The minimum Gasteiger partial charge on any atom is -0.388 e. The Morgan fingerprint density at radius 3 is 2.31 bits per heavy atom. The first-order chi connectivity index (χ1) is 29.5. The Labute approximate surface area is 348 Å². The molecule has 1 saturated carbocycles. The number of fused-ring (bicyclic) bond motifs is 1. The fraction of sp³-hybridized carbons (Fsp3) is 0.357. The van der Waals surface area contributed by atoms with Crippen molar-refractivity contribution in [2.75, 3.05) is 29.9 Å². The van der Waals surface area contributed by atoms with Gasteiger partial charge in [0.25, 0.3) is 0 Å². The number of anilines is 2. The number of benzene rings is 2. The van der Waals surface area contributed by atoms with E-state index >= 15 is 0 Å². The van der Waals surface area contributed by atoms with E-state index in [0.717, 1.165) is 23.1 Å². The molecular weight excluding hydrogens is 796 g/mol. The van der Waals surface area contributed by atoms with Crippen molar-refractivity contribution in [3.8, 4) is 0 Å². The summed E-state index contributed by atoms with van der Waals surface area (Å²) in [6.07, 6.45) is 0.0262. The maximum atomic E-state index is 13.5. The monoisotopic (exact) mass is 839 g/mol. The highest BCUT2D eigenvalue weighted by atomic mass is 19.4. The summed E-state index contributed by atoms with van der Waals surface area (Å²) in [7, 11) is 0. The second kappa shape index (κ2) is 17.6. The van der Waals surface area contributed by atoms with Gasteiger partial charge in [0.15, 0.2) is 17.0 Å². The zero-order chi connectivity index (χ0) is 42.7. The van der Waals surface area contributed by atoms with Crippen LogP contribution in [-0.2, 0) is 22.6 Å². The zero-order valence-corrected chi connectivity index (χ0v) is 33.0. The molecule has 16 nitrogen and oxygen atoms in total. The van der Waals surface area contributed by atoms with Crippen molar-refractivity contribution in [1.82, 2.24) is 44.7 Å². The Bertz CT molecular complexity index is 2400. The Morgan fingerprint density at radius 1 is 0.951 bits per heavy atom. The van der Waals surface area contributed by atoms with Gasteiger partial charge < -0.3 is 35.2 Å². The number of amides is 2. The van der Waals surface area contributed by atoms with Gasteiger partial charge in [0.05, 0.1) is 42.9 Å². The fourth-order valence-corrected chi connectivity index (χ4v) is 7.96. The SMILES string of the molecule is CCc1cnn([C@H]2C[C@@H](n3cnc4c(NCC(c5ccccc5)c5ccccc5)nc(N5CC[C@@H](N(OC(=O)C(F)(F)F)C(=O)NCc6ccccn6)C5)nc43)[C@H](O)[C@@H]2O)c1. The molecule has 61 heavy (non-hydrogen) atoms. The maximum absolute atomic E-state index is 13.5. The first-order valence-electron chi connectivity index (χ1n) is 20.0. The molecule has 0 unspecified atom stereocenters. The highest BCUT2D eigenvalue weighted by Gasteiger charge is 2.47. The maximum Gasteiger partial charge on any atom is 0.493 e. The van der Waals surface area contributed by atoms with Gasteiger partial charge in [-0.15, -0.1) is 5.06 Å². The molecule has 5 atom stereocenters. The summed E-state index contributed by atoms with van der Waals surface area (Å²) in [6.45, 7) is 2.30. The molecule has 2 fully saturated rings. The number of nitrogens with one attached hydrogen (secondary N) is 2. The van der Waals surface area contributed by atoms with Crippen molar-refractivity contribution in [1.29, 1.82) is 0 Å². The predicted molar refractivity (Wildman–Crippen MR) is 216 cm³/mol. The summed E-state index contributed by atoms with van der Waals surface area (Å²) >= 11 is 0. The van der Waals surface area contributed by atoms with Crippen LogP contribution in [0.2, 0.25) is 0 Å². The van der Waals surface area contributed by atoms with Gasteiger partial charge in [0, 0.05) is 37.9 Å². The van der Waals surface area contributed by atoms with Gasteiger partial charge >= 0.3 is 18.2 Å². The molecule has 1 saturated heterocycles. The Hall–Kier alpha value is -6.60. The second-order valence-corrected chi connectivity index (χ2v) is 15.1. The van der Waals surface area contributed by atoms with Crippen molar-refractivity contribution >= 4 is 34.9 Å². The smallest absolute Gasteiger partial charge is 0.388 e. The number of aliphatic hydroxyl groups is 2. The molecule has 6 aromatic rings. The van der Waals surface area contributed by atoms with Gasteiger partial charge in [-0.2, -0.15) is 28.2 Å². The normalized spacial score (nSPS) is 20.3. The van der Waals surface area contributed by atoms with Crippen LogP contribution in [-0.4, -0.2) is 106 Å². The van der Waals surface area contributed by atoms with Crippen LogP contribution in [0.5, 0.6) is 0 Å². The number of aromatic nitrogens is 7. The Balaban J connectivity index is 1.13. The molecule has 318 valence electrons. The third kappa shape index (κ3) is 8.83. The number of alkyl halides is 3. The Morgan fingerprint density at radius 2 is 1.66 bits per heavy atom. The second-order valence-electron chi connectivity index (χ2n) is 15.1.